The third kappa shape index (κ3) is 37.9. The maximum atomic E-state index is 12.6. The van der Waals surface area contributed by atoms with Crippen molar-refractivity contribution in [1.82, 2.24) is 0 Å². The number of phosphoric acid groups is 1. The van der Waals surface area contributed by atoms with Crippen molar-refractivity contribution in [3.8, 4) is 0 Å². The molecule has 12 heteroatoms. The number of hydrogen-bond donors (Lipinski definition) is 3. The molecule has 0 aliphatic rings. The minimum absolute atomic E-state index is 0.132. The van der Waals surface area contributed by atoms with Crippen LogP contribution >= 0.6 is 7.82 Å². The van der Waals surface area contributed by atoms with Crippen LogP contribution in [-0.4, -0.2) is 59.9 Å². The number of unbranched alkanes of at least 4 members (excludes halogenated alkanes) is 17. The van der Waals surface area contributed by atoms with E-state index in [1.54, 1.807) is 0 Å². The van der Waals surface area contributed by atoms with Crippen LogP contribution in [0.15, 0.2) is 60.8 Å². The van der Waals surface area contributed by atoms with Crippen LogP contribution < -0.4 is 5.73 Å². The minimum atomic E-state index is -4.73. The average molecular weight is 796 g/mol. The third-order valence-electron chi connectivity index (χ3n) is 8.59. The zero-order valence-electron chi connectivity index (χ0n) is 34.0. The molecule has 316 valence electrons. The van der Waals surface area contributed by atoms with Crippen LogP contribution in [0.3, 0.4) is 0 Å². The van der Waals surface area contributed by atoms with E-state index in [9.17, 15) is 23.8 Å². The van der Waals surface area contributed by atoms with Crippen molar-refractivity contribution in [2.45, 2.75) is 174 Å². The Bertz CT molecular complexity index is 1170. The molecule has 55 heavy (non-hydrogen) atoms. The van der Waals surface area contributed by atoms with Crippen molar-refractivity contribution in [2.24, 2.45) is 5.73 Å². The number of allylic oxidation sites excluding steroid dienone is 10. The lowest BCUT2D eigenvalue weighted by molar-refractivity contribution is -0.161. The molecule has 0 aromatic heterocycles. The number of esters is 2. The van der Waals surface area contributed by atoms with Crippen LogP contribution in [0.5, 0.6) is 0 Å². The summed E-state index contributed by atoms with van der Waals surface area (Å²) in [5, 5.41) is 8.87. The SMILES string of the molecule is CC/C=C/C=C/C=C/CCCCCCCC(=O)OC(COC(=O)CCCCCCC/C=C/C=C/CCCCCCCCC)COP(=O)(O)OC[C@@H](N)C(=O)O. The first-order valence-corrected chi connectivity index (χ1v) is 22.4. The second-order valence-corrected chi connectivity index (χ2v) is 15.3. The molecule has 11 nitrogen and oxygen atoms in total. The summed E-state index contributed by atoms with van der Waals surface area (Å²) in [6.07, 6.45) is 42.9. The van der Waals surface area contributed by atoms with E-state index >= 15 is 0 Å². The fraction of sp³-hybridized carbons (Fsp3) is 0.698. The molecule has 0 fully saturated rings. The van der Waals surface area contributed by atoms with Gasteiger partial charge in [-0.15, -0.1) is 0 Å². The molecule has 0 amide bonds. The predicted molar refractivity (Wildman–Crippen MR) is 221 cm³/mol. The van der Waals surface area contributed by atoms with E-state index in [4.69, 9.17) is 24.8 Å². The number of nitrogens with two attached hydrogens (primary N) is 1. The number of ether oxygens (including phenoxy) is 2. The fourth-order valence-electron chi connectivity index (χ4n) is 5.29. The highest BCUT2D eigenvalue weighted by molar-refractivity contribution is 7.47. The van der Waals surface area contributed by atoms with Gasteiger partial charge in [-0.2, -0.15) is 0 Å². The molecule has 0 aromatic carbocycles. The summed E-state index contributed by atoms with van der Waals surface area (Å²) in [7, 11) is -4.73. The monoisotopic (exact) mass is 796 g/mol. The maximum Gasteiger partial charge on any atom is 0.472 e. The molecule has 0 aliphatic heterocycles. The first kappa shape index (κ1) is 52.2. The zero-order valence-corrected chi connectivity index (χ0v) is 34.9. The number of rotatable bonds is 38. The maximum absolute atomic E-state index is 12.6. The van der Waals surface area contributed by atoms with Gasteiger partial charge in [0.15, 0.2) is 6.10 Å². The van der Waals surface area contributed by atoms with E-state index in [0.717, 1.165) is 77.0 Å². The Hall–Kier alpha value is -2.82. The van der Waals surface area contributed by atoms with Crippen molar-refractivity contribution in [3.05, 3.63) is 60.8 Å². The van der Waals surface area contributed by atoms with Gasteiger partial charge < -0.3 is 25.2 Å². The van der Waals surface area contributed by atoms with E-state index in [1.165, 1.54) is 44.9 Å². The van der Waals surface area contributed by atoms with Crippen LogP contribution in [0, 0.1) is 0 Å². The quantitative estimate of drug-likeness (QED) is 0.0235. The number of carbonyl (C=O) groups is 3. The summed E-state index contributed by atoms with van der Waals surface area (Å²) < 4.78 is 32.6. The van der Waals surface area contributed by atoms with Crippen LogP contribution in [0.4, 0.5) is 0 Å². The summed E-state index contributed by atoms with van der Waals surface area (Å²) in [6, 6.07) is -1.53. The standard InChI is InChI=1S/C43H74NO10P/c1-3-5-7-9-11-13-15-17-18-19-20-21-23-24-26-28-30-32-34-41(45)51-36-39(37-52-55(49,50)53-38-40(44)43(47)48)54-42(46)35-33-31-29-27-25-22-16-14-12-10-8-6-4-2/h6,8,10,12,14,16,18-21,39-40H,3-5,7,9,11,13,15,17,22-38,44H2,1-2H3,(H,47,48)(H,49,50)/b8-6+,12-10+,16-14+,19-18+,21-20+/t39?,40-/m1/s1. The Morgan fingerprint density at radius 3 is 1.53 bits per heavy atom. The van der Waals surface area contributed by atoms with Gasteiger partial charge in [0.1, 0.15) is 12.6 Å². The molecule has 2 unspecified atom stereocenters. The molecule has 0 heterocycles. The molecule has 0 saturated carbocycles. The fourth-order valence-corrected chi connectivity index (χ4v) is 6.07. The van der Waals surface area contributed by atoms with Crippen molar-refractivity contribution < 1.29 is 47.5 Å². The van der Waals surface area contributed by atoms with E-state index in [2.05, 4.69) is 54.8 Å². The molecular weight excluding hydrogens is 721 g/mol. The van der Waals surface area contributed by atoms with Gasteiger partial charge in [0, 0.05) is 12.8 Å². The molecule has 4 N–H and O–H groups in total. The lowest BCUT2D eigenvalue weighted by Gasteiger charge is -2.20. The predicted octanol–water partition coefficient (Wildman–Crippen LogP) is 10.8. The Labute approximate surface area is 332 Å². The van der Waals surface area contributed by atoms with Gasteiger partial charge in [-0.25, -0.2) is 4.57 Å². The Morgan fingerprint density at radius 2 is 1.02 bits per heavy atom. The molecule has 0 spiro atoms. The van der Waals surface area contributed by atoms with Crippen LogP contribution in [0.2, 0.25) is 0 Å². The molecule has 0 bridgehead atoms. The number of carboxylic acids is 1. The highest BCUT2D eigenvalue weighted by atomic mass is 31.2. The Morgan fingerprint density at radius 1 is 0.582 bits per heavy atom. The topological polar surface area (TPSA) is 172 Å². The van der Waals surface area contributed by atoms with Crippen molar-refractivity contribution in [1.29, 1.82) is 0 Å². The zero-order chi connectivity index (χ0) is 40.7. The summed E-state index contributed by atoms with van der Waals surface area (Å²) >= 11 is 0. The molecular formula is C43H74NO10P. The first-order chi connectivity index (χ1) is 26.6. The normalized spacial score (nSPS) is 14.4. The van der Waals surface area contributed by atoms with Crippen molar-refractivity contribution in [3.63, 3.8) is 0 Å². The van der Waals surface area contributed by atoms with Gasteiger partial charge in [-0.1, -0.05) is 152 Å². The number of hydrogen-bond acceptors (Lipinski definition) is 9. The number of aliphatic carboxylic acids is 1. The van der Waals surface area contributed by atoms with E-state index < -0.39 is 51.1 Å². The van der Waals surface area contributed by atoms with Crippen molar-refractivity contribution >= 4 is 25.7 Å². The second-order valence-electron chi connectivity index (χ2n) is 13.8. The van der Waals surface area contributed by atoms with Gasteiger partial charge in [0.2, 0.25) is 0 Å². The van der Waals surface area contributed by atoms with E-state index in [0.29, 0.717) is 12.8 Å². The summed E-state index contributed by atoms with van der Waals surface area (Å²) in [5.41, 5.74) is 5.32. The summed E-state index contributed by atoms with van der Waals surface area (Å²) in [5.74, 6) is -2.43. The molecule has 0 aliphatic carbocycles. The molecule has 0 aromatic rings. The highest BCUT2D eigenvalue weighted by Gasteiger charge is 2.28. The lowest BCUT2D eigenvalue weighted by atomic mass is 10.1. The van der Waals surface area contributed by atoms with E-state index in [-0.39, 0.29) is 19.4 Å². The van der Waals surface area contributed by atoms with Crippen LogP contribution in [-0.2, 0) is 37.5 Å². The second kappa shape index (κ2) is 38.1. The lowest BCUT2D eigenvalue weighted by Crippen LogP contribution is -2.34. The molecule has 3 atom stereocenters. The molecule has 0 radical (unpaired) electrons. The highest BCUT2D eigenvalue weighted by Crippen LogP contribution is 2.43. The molecule has 0 rings (SSSR count). The largest absolute Gasteiger partial charge is 0.480 e. The average Bonchev–Trinajstić information content (AvgIpc) is 3.16. The molecule has 0 saturated heterocycles. The smallest absolute Gasteiger partial charge is 0.472 e. The number of carbonyl (C=O) groups excluding carboxylic acids is 2. The number of carboxylic acid groups (broad SMARTS) is 1. The Balaban J connectivity index is 4.43. The van der Waals surface area contributed by atoms with Gasteiger partial charge >= 0.3 is 25.7 Å². The van der Waals surface area contributed by atoms with Gasteiger partial charge in [0.25, 0.3) is 0 Å². The van der Waals surface area contributed by atoms with E-state index in [1.807, 2.05) is 24.3 Å². The minimum Gasteiger partial charge on any atom is -0.480 e. The summed E-state index contributed by atoms with van der Waals surface area (Å²) in [6.45, 7) is 2.61. The van der Waals surface area contributed by atoms with Gasteiger partial charge in [-0.05, 0) is 57.8 Å². The van der Waals surface area contributed by atoms with Crippen LogP contribution in [0.1, 0.15) is 162 Å². The van der Waals surface area contributed by atoms with Crippen LogP contribution in [0.25, 0.3) is 0 Å². The Kier molecular flexibility index (Phi) is 36.1. The van der Waals surface area contributed by atoms with Gasteiger partial charge in [-0.3, -0.25) is 23.4 Å². The summed E-state index contributed by atoms with van der Waals surface area (Å²) in [4.78, 5) is 45.9. The third-order valence-corrected chi connectivity index (χ3v) is 9.54. The number of phosphoric ester groups is 1. The first-order valence-electron chi connectivity index (χ1n) is 20.9. The van der Waals surface area contributed by atoms with Crippen molar-refractivity contribution in [2.75, 3.05) is 19.8 Å². The van der Waals surface area contributed by atoms with Gasteiger partial charge in [0.05, 0.1) is 13.2 Å².